The van der Waals surface area contributed by atoms with E-state index in [4.69, 9.17) is 31.5 Å². The second-order valence-electron chi connectivity index (χ2n) is 7.27. The summed E-state index contributed by atoms with van der Waals surface area (Å²) in [6.07, 6.45) is -1.21. The van der Waals surface area contributed by atoms with Crippen molar-refractivity contribution < 1.29 is 24.1 Å². The molecule has 4 rings (SSSR count). The van der Waals surface area contributed by atoms with E-state index in [-0.39, 0.29) is 18.2 Å². The van der Waals surface area contributed by atoms with Gasteiger partial charge < -0.3 is 30.4 Å². The van der Waals surface area contributed by atoms with Gasteiger partial charge in [0.15, 0.2) is 6.29 Å². The molecule has 0 bridgehead atoms. The van der Waals surface area contributed by atoms with Crippen molar-refractivity contribution in [2.75, 3.05) is 13.2 Å². The van der Waals surface area contributed by atoms with Gasteiger partial charge in [0.05, 0.1) is 17.7 Å². The first kappa shape index (κ1) is 22.5. The Kier molecular flexibility index (Phi) is 7.12. The van der Waals surface area contributed by atoms with Crippen LogP contribution in [0.3, 0.4) is 0 Å². The standard InChI is InChI=1S/C21H24ClN3O5S/c1-2-24-19(27)16-14(8-12(22)9-25-16)31-21-17(26)15(23)18-13(29-21)10-28-20(30-18)11-6-4-3-5-7-11/h3-9,13,15,17-18,20-21,26H,2,10,23H2,1H3,(H,24,27). The van der Waals surface area contributed by atoms with Crippen molar-refractivity contribution in [2.24, 2.45) is 5.73 Å². The SMILES string of the molecule is CCNC(=O)c1ncc(Cl)cc1SC1OC2COC(c3ccccc3)OC2C(N)C1O. The van der Waals surface area contributed by atoms with Crippen LogP contribution >= 0.6 is 23.4 Å². The van der Waals surface area contributed by atoms with Crippen molar-refractivity contribution in [1.82, 2.24) is 10.3 Å². The predicted molar refractivity (Wildman–Crippen MR) is 116 cm³/mol. The summed E-state index contributed by atoms with van der Waals surface area (Å²) >= 11 is 7.24. The van der Waals surface area contributed by atoms with Crippen LogP contribution in [0.4, 0.5) is 0 Å². The topological polar surface area (TPSA) is 116 Å². The molecular weight excluding hydrogens is 442 g/mol. The molecule has 8 nitrogen and oxygen atoms in total. The molecule has 0 saturated carbocycles. The van der Waals surface area contributed by atoms with Crippen molar-refractivity contribution in [1.29, 1.82) is 0 Å². The Morgan fingerprint density at radius 3 is 2.87 bits per heavy atom. The van der Waals surface area contributed by atoms with Crippen LogP contribution in [-0.2, 0) is 14.2 Å². The molecule has 31 heavy (non-hydrogen) atoms. The molecule has 1 amide bonds. The maximum Gasteiger partial charge on any atom is 0.271 e. The number of hydrogen-bond donors (Lipinski definition) is 3. The highest BCUT2D eigenvalue weighted by atomic mass is 35.5. The molecule has 1 aromatic heterocycles. The van der Waals surface area contributed by atoms with E-state index in [0.717, 1.165) is 17.3 Å². The number of carbonyl (C=O) groups excluding carboxylic acids is 1. The van der Waals surface area contributed by atoms with E-state index in [1.807, 2.05) is 37.3 Å². The van der Waals surface area contributed by atoms with Gasteiger partial charge in [-0.05, 0) is 13.0 Å². The minimum absolute atomic E-state index is 0.211. The van der Waals surface area contributed by atoms with Gasteiger partial charge in [-0.1, -0.05) is 53.7 Å². The summed E-state index contributed by atoms with van der Waals surface area (Å²) in [6, 6.07) is 10.4. The number of benzene rings is 1. The molecule has 6 unspecified atom stereocenters. The van der Waals surface area contributed by atoms with Gasteiger partial charge in [-0.3, -0.25) is 4.79 Å². The smallest absolute Gasteiger partial charge is 0.271 e. The lowest BCUT2D eigenvalue weighted by molar-refractivity contribution is -0.297. The van der Waals surface area contributed by atoms with Gasteiger partial charge >= 0.3 is 0 Å². The largest absolute Gasteiger partial charge is 0.388 e. The Balaban J connectivity index is 1.50. The van der Waals surface area contributed by atoms with Gasteiger partial charge in [-0.2, -0.15) is 0 Å². The number of hydrogen-bond acceptors (Lipinski definition) is 8. The lowest BCUT2D eigenvalue weighted by Crippen LogP contribution is -2.64. The Hall–Kier alpha value is -1.72. The first-order valence-electron chi connectivity index (χ1n) is 9.99. The van der Waals surface area contributed by atoms with E-state index in [1.54, 1.807) is 6.07 Å². The molecular formula is C21H24ClN3O5S. The van der Waals surface area contributed by atoms with Crippen LogP contribution in [0.5, 0.6) is 0 Å². The molecule has 0 radical (unpaired) electrons. The monoisotopic (exact) mass is 465 g/mol. The Morgan fingerprint density at radius 2 is 2.13 bits per heavy atom. The summed E-state index contributed by atoms with van der Waals surface area (Å²) in [7, 11) is 0. The Bertz CT molecular complexity index is 919. The number of aliphatic hydroxyl groups excluding tert-OH is 1. The van der Waals surface area contributed by atoms with Crippen LogP contribution in [-0.4, -0.2) is 58.9 Å². The lowest BCUT2D eigenvalue weighted by atomic mass is 9.97. The lowest BCUT2D eigenvalue weighted by Gasteiger charge is -2.47. The minimum atomic E-state index is -1.04. The molecule has 2 aromatic rings. The molecule has 1 aromatic carbocycles. The zero-order chi connectivity index (χ0) is 22.0. The van der Waals surface area contributed by atoms with Gasteiger partial charge in [0, 0.05) is 23.2 Å². The molecule has 6 atom stereocenters. The quantitative estimate of drug-likeness (QED) is 0.614. The van der Waals surface area contributed by atoms with Crippen molar-refractivity contribution in [3.8, 4) is 0 Å². The number of amides is 1. The second kappa shape index (κ2) is 9.83. The van der Waals surface area contributed by atoms with E-state index >= 15 is 0 Å². The fourth-order valence-electron chi connectivity index (χ4n) is 3.56. The molecule has 2 aliphatic heterocycles. The molecule has 0 aliphatic carbocycles. The molecule has 166 valence electrons. The van der Waals surface area contributed by atoms with E-state index in [0.29, 0.717) is 16.5 Å². The van der Waals surface area contributed by atoms with Crippen LogP contribution in [0.2, 0.25) is 5.02 Å². The summed E-state index contributed by atoms with van der Waals surface area (Å²) < 4.78 is 17.9. The van der Waals surface area contributed by atoms with Crippen molar-refractivity contribution in [3.63, 3.8) is 0 Å². The molecule has 2 fully saturated rings. The van der Waals surface area contributed by atoms with Crippen LogP contribution in [0, 0.1) is 0 Å². The van der Waals surface area contributed by atoms with Crippen LogP contribution in [0.25, 0.3) is 0 Å². The van der Waals surface area contributed by atoms with Gasteiger partial charge in [0.1, 0.15) is 29.4 Å². The zero-order valence-electron chi connectivity index (χ0n) is 16.8. The highest BCUT2D eigenvalue weighted by Crippen LogP contribution is 2.39. The third-order valence-corrected chi connectivity index (χ3v) is 6.50. The highest BCUT2D eigenvalue weighted by molar-refractivity contribution is 8.00. The summed E-state index contributed by atoms with van der Waals surface area (Å²) in [6.45, 7) is 2.54. The number of aromatic nitrogens is 1. The maximum absolute atomic E-state index is 12.4. The fourth-order valence-corrected chi connectivity index (χ4v) is 5.01. The second-order valence-corrected chi connectivity index (χ2v) is 8.84. The molecule has 4 N–H and O–H groups in total. The van der Waals surface area contributed by atoms with Gasteiger partial charge in [-0.25, -0.2) is 4.98 Å². The number of rotatable bonds is 5. The van der Waals surface area contributed by atoms with E-state index in [2.05, 4.69) is 10.3 Å². The summed E-state index contributed by atoms with van der Waals surface area (Å²) in [5.74, 6) is -0.329. The number of nitrogens with zero attached hydrogens (tertiary/aromatic N) is 1. The maximum atomic E-state index is 12.4. The van der Waals surface area contributed by atoms with Crippen molar-refractivity contribution in [2.45, 2.75) is 47.9 Å². The number of halogens is 1. The zero-order valence-corrected chi connectivity index (χ0v) is 18.4. The number of thioether (sulfide) groups is 1. The molecule has 10 heteroatoms. The van der Waals surface area contributed by atoms with Crippen molar-refractivity contribution >= 4 is 29.3 Å². The number of fused-ring (bicyclic) bond motifs is 1. The predicted octanol–water partition coefficient (Wildman–Crippen LogP) is 2.10. The van der Waals surface area contributed by atoms with Gasteiger partial charge in [0.2, 0.25) is 0 Å². The van der Waals surface area contributed by atoms with E-state index < -0.39 is 36.1 Å². The molecule has 0 spiro atoms. The third kappa shape index (κ3) is 4.88. The van der Waals surface area contributed by atoms with Crippen LogP contribution in [0.1, 0.15) is 29.3 Å². The van der Waals surface area contributed by atoms with Crippen molar-refractivity contribution in [3.05, 3.63) is 58.9 Å². The Morgan fingerprint density at radius 1 is 1.35 bits per heavy atom. The first-order valence-corrected chi connectivity index (χ1v) is 11.2. The number of nitrogens with one attached hydrogen (secondary N) is 1. The summed E-state index contributed by atoms with van der Waals surface area (Å²) in [5.41, 5.74) is 6.68. The number of aliphatic hydroxyl groups is 1. The number of nitrogens with two attached hydrogens (primary N) is 1. The number of pyridine rings is 1. The van der Waals surface area contributed by atoms with E-state index in [9.17, 15) is 9.90 Å². The first-order chi connectivity index (χ1) is 15.0. The summed E-state index contributed by atoms with van der Waals surface area (Å²) in [4.78, 5) is 17.0. The third-order valence-electron chi connectivity index (χ3n) is 5.11. The molecule has 2 aliphatic rings. The molecule has 2 saturated heterocycles. The number of carbonyl (C=O) groups is 1. The average Bonchev–Trinajstić information content (AvgIpc) is 2.78. The summed E-state index contributed by atoms with van der Waals surface area (Å²) in [5, 5.41) is 13.9. The normalized spacial score (nSPS) is 30.5. The van der Waals surface area contributed by atoms with Gasteiger partial charge in [-0.15, -0.1) is 0 Å². The molecule has 3 heterocycles. The van der Waals surface area contributed by atoms with Gasteiger partial charge in [0.25, 0.3) is 5.91 Å². The fraction of sp³-hybridized carbons (Fsp3) is 0.429. The Labute approximate surface area is 189 Å². The average molecular weight is 466 g/mol. The number of ether oxygens (including phenoxy) is 3. The highest BCUT2D eigenvalue weighted by Gasteiger charge is 2.48. The van der Waals surface area contributed by atoms with E-state index in [1.165, 1.54) is 6.20 Å². The van der Waals surface area contributed by atoms with Crippen LogP contribution < -0.4 is 11.1 Å². The van der Waals surface area contributed by atoms with Crippen LogP contribution in [0.15, 0.2) is 47.5 Å². The minimum Gasteiger partial charge on any atom is -0.388 e.